The number of ether oxygens (including phenoxy) is 2. The predicted octanol–water partition coefficient (Wildman–Crippen LogP) is 4.28. The second kappa shape index (κ2) is 10.9. The molecule has 0 radical (unpaired) electrons. The van der Waals surface area contributed by atoms with E-state index < -0.39 is 21.2 Å². The van der Waals surface area contributed by atoms with Gasteiger partial charge in [0.1, 0.15) is 17.6 Å². The lowest BCUT2D eigenvalue weighted by atomic mass is 10.1. The molecule has 5 aromatic rings. The number of pyridine rings is 1. The van der Waals surface area contributed by atoms with Crippen LogP contribution in [0.5, 0.6) is 5.88 Å². The molecule has 10 nitrogen and oxygen atoms in total. The third-order valence-electron chi connectivity index (χ3n) is 6.52. The van der Waals surface area contributed by atoms with Crippen LogP contribution in [0.3, 0.4) is 0 Å². The monoisotopic (exact) mass is 544 g/mol. The first-order valence-corrected chi connectivity index (χ1v) is 14.0. The van der Waals surface area contributed by atoms with E-state index in [2.05, 4.69) is 25.1 Å². The van der Waals surface area contributed by atoms with E-state index in [4.69, 9.17) is 9.47 Å². The van der Waals surface area contributed by atoms with E-state index in [-0.39, 0.29) is 11.6 Å². The van der Waals surface area contributed by atoms with Gasteiger partial charge in [0.2, 0.25) is 5.88 Å². The van der Waals surface area contributed by atoms with Crippen molar-refractivity contribution in [2.45, 2.75) is 31.0 Å². The topological polar surface area (TPSA) is 122 Å². The zero-order valence-corrected chi connectivity index (χ0v) is 22.8. The summed E-state index contributed by atoms with van der Waals surface area (Å²) >= 11 is 0. The second-order valence-electron chi connectivity index (χ2n) is 9.16. The highest BCUT2D eigenvalue weighted by molar-refractivity contribution is 7.91. The molecule has 2 aromatic carbocycles. The van der Waals surface area contributed by atoms with Crippen molar-refractivity contribution in [2.75, 3.05) is 14.2 Å². The molecule has 3 heterocycles. The molecule has 2 atom stereocenters. The van der Waals surface area contributed by atoms with Gasteiger partial charge in [-0.05, 0) is 48.4 Å². The van der Waals surface area contributed by atoms with E-state index in [1.54, 1.807) is 42.1 Å². The first-order valence-electron chi connectivity index (χ1n) is 12.3. The highest BCUT2D eigenvalue weighted by Crippen LogP contribution is 2.29. The summed E-state index contributed by atoms with van der Waals surface area (Å²) in [5.74, 6) is 0.966. The molecular formula is C28H28N6O4S. The normalized spacial score (nSPS) is 13.3. The van der Waals surface area contributed by atoms with Gasteiger partial charge in [-0.15, -0.1) is 10.2 Å². The van der Waals surface area contributed by atoms with Gasteiger partial charge >= 0.3 is 0 Å². The summed E-state index contributed by atoms with van der Waals surface area (Å²) in [5.41, 5.74) is 2.07. The summed E-state index contributed by atoms with van der Waals surface area (Å²) in [6, 6.07) is 19.1. The molecule has 0 spiro atoms. The van der Waals surface area contributed by atoms with Crippen molar-refractivity contribution in [3.63, 3.8) is 0 Å². The Labute approximate surface area is 226 Å². The highest BCUT2D eigenvalue weighted by atomic mass is 32.2. The van der Waals surface area contributed by atoms with Crippen molar-refractivity contribution in [1.82, 2.24) is 29.7 Å². The van der Waals surface area contributed by atoms with E-state index in [0.29, 0.717) is 28.9 Å². The molecular weight excluding hydrogens is 516 g/mol. The zero-order chi connectivity index (χ0) is 27.6. The van der Waals surface area contributed by atoms with Gasteiger partial charge < -0.3 is 9.47 Å². The Bertz CT molecular complexity index is 1720. The Morgan fingerprint density at radius 3 is 2.38 bits per heavy atom. The zero-order valence-electron chi connectivity index (χ0n) is 22.0. The minimum absolute atomic E-state index is 0.247. The van der Waals surface area contributed by atoms with Gasteiger partial charge in [0.15, 0.2) is 27.3 Å². The first-order chi connectivity index (χ1) is 18.8. The van der Waals surface area contributed by atoms with Crippen LogP contribution in [0.25, 0.3) is 28.0 Å². The van der Waals surface area contributed by atoms with Crippen LogP contribution in [-0.4, -0.2) is 57.6 Å². The SMILES string of the molecule is COc1cccc(-c2nnc(CS(=O)(=O)[C@@H](C)[C@H](OC)c3ncc(C)cn3)n2-c2ccc3ccccc3c2)n1. The van der Waals surface area contributed by atoms with E-state index in [1.165, 1.54) is 14.2 Å². The number of fused-ring (bicyclic) bond motifs is 1. The molecule has 0 aliphatic heterocycles. The fourth-order valence-corrected chi connectivity index (χ4v) is 5.79. The molecule has 0 unspecified atom stereocenters. The third kappa shape index (κ3) is 5.36. The van der Waals surface area contributed by atoms with Gasteiger partial charge in [0.05, 0.1) is 12.4 Å². The van der Waals surface area contributed by atoms with Crippen molar-refractivity contribution < 1.29 is 17.9 Å². The van der Waals surface area contributed by atoms with Crippen molar-refractivity contribution in [3.8, 4) is 23.1 Å². The van der Waals surface area contributed by atoms with Crippen molar-refractivity contribution in [3.05, 3.63) is 90.3 Å². The van der Waals surface area contributed by atoms with Gasteiger partial charge in [-0.25, -0.2) is 23.4 Å². The number of aryl methyl sites for hydroxylation is 1. The summed E-state index contributed by atoms with van der Waals surface area (Å²) in [4.78, 5) is 13.1. The van der Waals surface area contributed by atoms with Crippen LogP contribution in [0.4, 0.5) is 0 Å². The van der Waals surface area contributed by atoms with Crippen LogP contribution in [-0.2, 0) is 20.3 Å². The summed E-state index contributed by atoms with van der Waals surface area (Å²) in [7, 11) is -0.831. The molecule has 0 aliphatic carbocycles. The smallest absolute Gasteiger partial charge is 0.213 e. The number of methoxy groups -OCH3 is 2. The van der Waals surface area contributed by atoms with Gasteiger partial charge in [-0.2, -0.15) is 0 Å². The Kier molecular flexibility index (Phi) is 7.36. The molecule has 0 amide bonds. The quantitative estimate of drug-likeness (QED) is 0.268. The van der Waals surface area contributed by atoms with Crippen molar-refractivity contribution >= 4 is 20.6 Å². The van der Waals surface area contributed by atoms with E-state index in [0.717, 1.165) is 16.3 Å². The van der Waals surface area contributed by atoms with Gasteiger partial charge in [-0.3, -0.25) is 4.57 Å². The number of rotatable bonds is 9. The molecule has 11 heteroatoms. The molecule has 0 N–H and O–H groups in total. The number of aromatic nitrogens is 6. The van der Waals surface area contributed by atoms with Crippen LogP contribution in [0, 0.1) is 6.92 Å². The molecule has 0 saturated heterocycles. The Morgan fingerprint density at radius 1 is 0.923 bits per heavy atom. The fourth-order valence-electron chi connectivity index (χ4n) is 4.37. The van der Waals surface area contributed by atoms with Gasteiger partial charge in [-0.1, -0.05) is 36.4 Å². The molecule has 5 rings (SSSR count). The summed E-state index contributed by atoms with van der Waals surface area (Å²) in [6.45, 7) is 3.45. The first kappa shape index (κ1) is 26.4. The summed E-state index contributed by atoms with van der Waals surface area (Å²) in [5, 5.41) is 9.79. The van der Waals surface area contributed by atoms with Crippen LogP contribution >= 0.6 is 0 Å². The predicted molar refractivity (Wildman–Crippen MR) is 147 cm³/mol. The maximum Gasteiger partial charge on any atom is 0.213 e. The lowest BCUT2D eigenvalue weighted by Gasteiger charge is -2.21. The van der Waals surface area contributed by atoms with Gasteiger partial charge in [0.25, 0.3) is 0 Å². The Morgan fingerprint density at radius 2 is 1.67 bits per heavy atom. The molecule has 0 fully saturated rings. The number of benzene rings is 2. The lowest BCUT2D eigenvalue weighted by Crippen LogP contribution is -2.30. The number of hydrogen-bond acceptors (Lipinski definition) is 9. The third-order valence-corrected chi connectivity index (χ3v) is 8.56. The van der Waals surface area contributed by atoms with E-state index >= 15 is 0 Å². The minimum Gasteiger partial charge on any atom is -0.481 e. The standard InChI is InChI=1S/C28H28N6O4S/c1-18-15-29-27(30-16-18)26(38-4)19(2)39(35,36)17-24-32-33-28(23-10-7-11-25(31-23)37-3)34(24)22-13-12-20-8-5-6-9-21(20)14-22/h5-16,19,26H,17H2,1-4H3/t19-,26-/m0/s1. The van der Waals surface area contributed by atoms with Crippen LogP contribution in [0.2, 0.25) is 0 Å². The lowest BCUT2D eigenvalue weighted by molar-refractivity contribution is 0.0947. The van der Waals surface area contributed by atoms with Crippen molar-refractivity contribution in [1.29, 1.82) is 0 Å². The molecule has 0 bridgehead atoms. The fraction of sp³-hybridized carbons (Fsp3) is 0.250. The average molecular weight is 545 g/mol. The molecule has 0 saturated carbocycles. The van der Waals surface area contributed by atoms with Crippen LogP contribution in [0.1, 0.15) is 30.2 Å². The maximum atomic E-state index is 13.7. The van der Waals surface area contributed by atoms with Gasteiger partial charge in [0, 0.05) is 31.3 Å². The minimum atomic E-state index is -3.81. The highest BCUT2D eigenvalue weighted by Gasteiger charge is 2.34. The Balaban J connectivity index is 1.59. The van der Waals surface area contributed by atoms with Crippen LogP contribution in [0.15, 0.2) is 73.1 Å². The molecule has 0 aliphatic rings. The largest absolute Gasteiger partial charge is 0.481 e. The van der Waals surface area contributed by atoms with E-state index in [9.17, 15) is 8.42 Å². The van der Waals surface area contributed by atoms with E-state index in [1.807, 2.05) is 49.4 Å². The summed E-state index contributed by atoms with van der Waals surface area (Å²) in [6.07, 6.45) is 2.42. The number of hydrogen-bond donors (Lipinski definition) is 0. The number of nitrogens with zero attached hydrogens (tertiary/aromatic N) is 6. The maximum absolute atomic E-state index is 13.7. The number of sulfone groups is 1. The van der Waals surface area contributed by atoms with Crippen LogP contribution < -0.4 is 4.74 Å². The average Bonchev–Trinajstić information content (AvgIpc) is 3.36. The van der Waals surface area contributed by atoms with Crippen molar-refractivity contribution in [2.24, 2.45) is 0 Å². The molecule has 200 valence electrons. The molecule has 39 heavy (non-hydrogen) atoms. The molecule has 3 aromatic heterocycles. The second-order valence-corrected chi connectivity index (χ2v) is 11.5. The Hall–Kier alpha value is -4.22. The summed E-state index contributed by atoms with van der Waals surface area (Å²) < 4.78 is 40.0.